The molecule has 0 fully saturated rings. The van der Waals surface area contributed by atoms with Crippen LogP contribution in [0.2, 0.25) is 5.02 Å². The van der Waals surface area contributed by atoms with Gasteiger partial charge in [0.25, 0.3) is 5.91 Å². The molecule has 0 saturated carbocycles. The lowest BCUT2D eigenvalue weighted by molar-refractivity contribution is -0.114. The van der Waals surface area contributed by atoms with E-state index in [1.165, 1.54) is 16.8 Å². The van der Waals surface area contributed by atoms with E-state index >= 15 is 0 Å². The van der Waals surface area contributed by atoms with E-state index in [0.717, 1.165) is 28.2 Å². The number of rotatable bonds is 5. The number of fused-ring (bicyclic) bond motifs is 1. The third kappa shape index (κ3) is 3.98. The van der Waals surface area contributed by atoms with E-state index in [0.29, 0.717) is 26.7 Å². The summed E-state index contributed by atoms with van der Waals surface area (Å²) < 4.78 is 12.9. The number of hydrogen-bond donors (Lipinski definition) is 1. The number of aliphatic imine (C=N–C) groups is 1. The molecular weight excluding hydrogens is 500 g/mol. The summed E-state index contributed by atoms with van der Waals surface area (Å²) in [6, 6.07) is 9.11. The van der Waals surface area contributed by atoms with E-state index < -0.39 is 5.91 Å². The Hall–Kier alpha value is -3.89. The molecule has 9 nitrogen and oxygen atoms in total. The van der Waals surface area contributed by atoms with Gasteiger partial charge in [-0.15, -0.1) is 0 Å². The molecule has 0 spiro atoms. The molecule has 1 amide bonds. The molecule has 5 rings (SSSR count). The highest BCUT2D eigenvalue weighted by atomic mass is 35.5. The Labute approximate surface area is 216 Å². The highest BCUT2D eigenvalue weighted by molar-refractivity contribution is 8.27. The Morgan fingerprint density at radius 1 is 1.14 bits per heavy atom. The lowest BCUT2D eigenvalue weighted by Gasteiger charge is -2.20. The number of ether oxygens (including phenoxy) is 2. The standard InChI is InChI=1S/C25H21ClN6O3S/c1-13-8-16(14(2)31(13)19-10-18(26)20(34-3)11-21(19)35-4)9-17-22(27)32-25(29-23(17)33)36-24(30-32)15-6-5-7-28-12-15/h5-12,27H,1-4H3/b17-9-,27-22?. The fraction of sp³-hybridized carbons (Fsp3) is 0.160. The van der Waals surface area contributed by atoms with Gasteiger partial charge in [-0.3, -0.25) is 15.2 Å². The lowest BCUT2D eigenvalue weighted by atomic mass is 10.1. The number of aryl methyl sites for hydroxylation is 1. The van der Waals surface area contributed by atoms with Gasteiger partial charge in [-0.05, 0) is 61.5 Å². The summed E-state index contributed by atoms with van der Waals surface area (Å²) >= 11 is 7.64. The first kappa shape index (κ1) is 23.8. The van der Waals surface area contributed by atoms with Crippen LogP contribution in [0.25, 0.3) is 11.8 Å². The number of aromatic nitrogens is 2. The van der Waals surface area contributed by atoms with E-state index in [1.807, 2.05) is 30.5 Å². The van der Waals surface area contributed by atoms with Gasteiger partial charge in [0.1, 0.15) is 16.5 Å². The molecule has 3 aromatic rings. The number of amidine groups is 2. The minimum atomic E-state index is -0.490. The van der Waals surface area contributed by atoms with Crippen molar-refractivity contribution in [1.29, 1.82) is 5.41 Å². The number of benzene rings is 1. The van der Waals surface area contributed by atoms with Crippen molar-refractivity contribution in [1.82, 2.24) is 14.6 Å². The third-order valence-electron chi connectivity index (χ3n) is 5.83. The van der Waals surface area contributed by atoms with Crippen LogP contribution in [-0.2, 0) is 4.79 Å². The average Bonchev–Trinajstić information content (AvgIpc) is 3.42. The van der Waals surface area contributed by atoms with Crippen LogP contribution < -0.4 is 9.47 Å². The molecule has 0 saturated heterocycles. The molecule has 182 valence electrons. The molecule has 1 N–H and O–H groups in total. The van der Waals surface area contributed by atoms with Crippen molar-refractivity contribution in [3.8, 4) is 17.2 Å². The van der Waals surface area contributed by atoms with Gasteiger partial charge in [0.15, 0.2) is 5.84 Å². The van der Waals surface area contributed by atoms with Gasteiger partial charge < -0.3 is 14.0 Å². The maximum absolute atomic E-state index is 12.9. The van der Waals surface area contributed by atoms with Crippen LogP contribution in [0.4, 0.5) is 0 Å². The van der Waals surface area contributed by atoms with Crippen molar-refractivity contribution in [3.63, 3.8) is 0 Å². The molecule has 2 aliphatic rings. The number of amides is 1. The Balaban J connectivity index is 1.54. The second-order valence-corrected chi connectivity index (χ2v) is 9.35. The first-order valence-electron chi connectivity index (χ1n) is 10.8. The topological polar surface area (TPSA) is 105 Å². The van der Waals surface area contributed by atoms with Gasteiger partial charge in [0, 0.05) is 35.4 Å². The first-order valence-corrected chi connectivity index (χ1v) is 12.0. The number of thioether (sulfide) groups is 1. The predicted molar refractivity (Wildman–Crippen MR) is 142 cm³/mol. The molecule has 0 unspecified atom stereocenters. The van der Waals surface area contributed by atoms with Gasteiger partial charge in [-0.1, -0.05) is 11.6 Å². The van der Waals surface area contributed by atoms with Crippen molar-refractivity contribution in [3.05, 3.63) is 75.8 Å². The van der Waals surface area contributed by atoms with Gasteiger partial charge in [-0.2, -0.15) is 15.1 Å². The molecule has 0 radical (unpaired) electrons. The zero-order valence-electron chi connectivity index (χ0n) is 19.9. The quantitative estimate of drug-likeness (QED) is 0.483. The van der Waals surface area contributed by atoms with Crippen LogP contribution in [0.1, 0.15) is 22.5 Å². The summed E-state index contributed by atoms with van der Waals surface area (Å²) in [4.78, 5) is 21.2. The summed E-state index contributed by atoms with van der Waals surface area (Å²) in [5.41, 5.74) is 4.17. The van der Waals surface area contributed by atoms with Crippen LogP contribution in [0.5, 0.6) is 11.5 Å². The van der Waals surface area contributed by atoms with E-state index in [2.05, 4.69) is 15.1 Å². The SMILES string of the molecule is COc1cc(OC)c(-n2c(C)cc(/C=C3/C(=N)N4N=C(c5cccnc5)SC4=NC3=O)c2C)cc1Cl. The summed E-state index contributed by atoms with van der Waals surface area (Å²) in [5, 5.41) is 16.0. The number of carbonyl (C=O) groups excluding carboxylic acids is 1. The number of pyridine rings is 1. The Bertz CT molecular complexity index is 1510. The number of hydrogen-bond acceptors (Lipinski definition) is 7. The van der Waals surface area contributed by atoms with Gasteiger partial charge in [0.05, 0.1) is 30.5 Å². The van der Waals surface area contributed by atoms with Gasteiger partial charge in [-0.25, -0.2) is 0 Å². The second-order valence-electron chi connectivity index (χ2n) is 7.99. The number of hydrazone groups is 1. The lowest BCUT2D eigenvalue weighted by Crippen LogP contribution is -2.35. The summed E-state index contributed by atoms with van der Waals surface area (Å²) in [5.74, 6) is 0.563. The maximum atomic E-state index is 12.9. The molecule has 0 aliphatic carbocycles. The zero-order chi connectivity index (χ0) is 25.6. The fourth-order valence-electron chi connectivity index (χ4n) is 4.08. The number of nitrogens with zero attached hydrogens (tertiary/aromatic N) is 5. The summed E-state index contributed by atoms with van der Waals surface area (Å²) in [6.07, 6.45) is 5.03. The molecule has 11 heteroatoms. The molecule has 0 bridgehead atoms. The van der Waals surface area contributed by atoms with Crippen molar-refractivity contribution < 1.29 is 14.3 Å². The third-order valence-corrected chi connectivity index (χ3v) is 7.08. The fourth-order valence-corrected chi connectivity index (χ4v) is 5.19. The van der Waals surface area contributed by atoms with Crippen molar-refractivity contribution in [2.24, 2.45) is 10.1 Å². The largest absolute Gasteiger partial charge is 0.495 e. The van der Waals surface area contributed by atoms with Crippen molar-refractivity contribution in [2.75, 3.05) is 14.2 Å². The van der Waals surface area contributed by atoms with Crippen LogP contribution in [0.15, 0.2) is 58.4 Å². The van der Waals surface area contributed by atoms with Crippen LogP contribution in [0, 0.1) is 19.3 Å². The minimum Gasteiger partial charge on any atom is -0.495 e. The average molecular weight is 521 g/mol. The number of halogens is 1. The molecule has 4 heterocycles. The molecule has 1 aromatic carbocycles. The van der Waals surface area contributed by atoms with Crippen LogP contribution in [-0.4, -0.2) is 50.7 Å². The normalized spacial score (nSPS) is 16.2. The Morgan fingerprint density at radius 2 is 1.92 bits per heavy atom. The van der Waals surface area contributed by atoms with E-state index in [-0.39, 0.29) is 11.4 Å². The first-order chi connectivity index (χ1) is 17.3. The molecule has 36 heavy (non-hydrogen) atoms. The second kappa shape index (κ2) is 9.29. The number of nitrogens with one attached hydrogen (secondary N) is 1. The molecule has 2 aromatic heterocycles. The summed E-state index contributed by atoms with van der Waals surface area (Å²) in [6.45, 7) is 3.87. The highest BCUT2D eigenvalue weighted by Gasteiger charge is 2.36. The molecule has 0 atom stereocenters. The van der Waals surface area contributed by atoms with Gasteiger partial charge >= 0.3 is 0 Å². The molecule has 2 aliphatic heterocycles. The summed E-state index contributed by atoms with van der Waals surface area (Å²) in [7, 11) is 3.12. The van der Waals surface area contributed by atoms with Gasteiger partial charge in [0.2, 0.25) is 5.17 Å². The Morgan fingerprint density at radius 3 is 2.61 bits per heavy atom. The van der Waals surface area contributed by atoms with Crippen LogP contribution in [0.3, 0.4) is 0 Å². The number of methoxy groups -OCH3 is 2. The Kier molecular flexibility index (Phi) is 6.15. The van der Waals surface area contributed by atoms with Crippen LogP contribution >= 0.6 is 23.4 Å². The zero-order valence-corrected chi connectivity index (χ0v) is 21.4. The molecular formula is C25H21ClN6O3S. The minimum absolute atomic E-state index is 0.0359. The van der Waals surface area contributed by atoms with Crippen molar-refractivity contribution in [2.45, 2.75) is 13.8 Å². The van der Waals surface area contributed by atoms with Crippen molar-refractivity contribution >= 4 is 51.4 Å². The number of carbonyl (C=O) groups is 1. The smallest absolute Gasteiger partial charge is 0.283 e. The van der Waals surface area contributed by atoms with E-state index in [1.54, 1.807) is 50.9 Å². The maximum Gasteiger partial charge on any atom is 0.283 e. The van der Waals surface area contributed by atoms with E-state index in [4.69, 9.17) is 26.5 Å². The monoisotopic (exact) mass is 520 g/mol. The highest BCUT2D eigenvalue weighted by Crippen LogP contribution is 2.37. The predicted octanol–water partition coefficient (Wildman–Crippen LogP) is 4.83. The van der Waals surface area contributed by atoms with E-state index in [9.17, 15) is 4.79 Å².